The molecule has 13 nitrogen and oxygen atoms in total. The van der Waals surface area contributed by atoms with Gasteiger partial charge in [-0.25, -0.2) is 14.6 Å². The van der Waals surface area contributed by atoms with Crippen LogP contribution in [0, 0.1) is 11.3 Å². The Bertz CT molecular complexity index is 2070. The summed E-state index contributed by atoms with van der Waals surface area (Å²) in [4.78, 5) is 31.7. The topological polar surface area (TPSA) is 166 Å². The van der Waals surface area contributed by atoms with E-state index in [9.17, 15) is 15.2 Å². The zero-order chi connectivity index (χ0) is 34.0. The van der Waals surface area contributed by atoms with Gasteiger partial charge in [0.25, 0.3) is 5.91 Å². The number of piperidine rings is 1. The first kappa shape index (κ1) is 31.0. The van der Waals surface area contributed by atoms with Crippen LogP contribution in [0.1, 0.15) is 98.6 Å². The number of aromatic nitrogens is 5. The molecule has 0 bridgehead atoms. The summed E-state index contributed by atoms with van der Waals surface area (Å²) in [6, 6.07) is 2.16. The zero-order valence-electron chi connectivity index (χ0n) is 28.5. The average molecular weight is 683 g/mol. The van der Waals surface area contributed by atoms with Gasteiger partial charge in [-0.15, -0.1) is 11.3 Å². The van der Waals surface area contributed by atoms with Crippen molar-refractivity contribution < 1.29 is 14.4 Å². The highest BCUT2D eigenvalue weighted by atomic mass is 32.1. The summed E-state index contributed by atoms with van der Waals surface area (Å²) in [5, 5.41) is 32.6. The second-order valence-corrected chi connectivity index (χ2v) is 16.4. The van der Waals surface area contributed by atoms with E-state index in [-0.39, 0.29) is 24.5 Å². The quantitative estimate of drug-likeness (QED) is 0.316. The average Bonchev–Trinajstić information content (AvgIpc) is 3.86. The molecule has 256 valence electrons. The molecule has 0 radical (unpaired) electrons. The molecule has 7 heterocycles. The van der Waals surface area contributed by atoms with Crippen LogP contribution >= 0.6 is 11.3 Å². The first-order valence-electron chi connectivity index (χ1n) is 17.6. The lowest BCUT2D eigenvalue weighted by Gasteiger charge is -2.42. The molecule has 4 aromatic rings. The summed E-state index contributed by atoms with van der Waals surface area (Å²) in [7, 11) is 3.94. The molecule has 0 unspecified atom stereocenters. The molecule has 3 aliphatic heterocycles. The minimum Gasteiger partial charge on any atom is -0.389 e. The van der Waals surface area contributed by atoms with Gasteiger partial charge >= 0.3 is 0 Å². The Morgan fingerprint density at radius 1 is 1.12 bits per heavy atom. The molecule has 5 atom stereocenters. The maximum absolute atomic E-state index is 14.1. The summed E-state index contributed by atoms with van der Waals surface area (Å²) in [6.07, 6.45) is 8.43. The first-order chi connectivity index (χ1) is 23.5. The molecule has 9 rings (SSSR count). The van der Waals surface area contributed by atoms with Gasteiger partial charge in [-0.3, -0.25) is 9.69 Å². The number of nitrogen functional groups attached to an aromatic ring is 1. The molecule has 0 saturated carbocycles. The SMILES string of the molecule is C[C@@H]([C@@H]1CCCN1C)n1nc2c3c(nc(-c4noc5c4CCC[C@@]54CCCc5sc(N)c(C#N)c54)nc31)N1C[C@](C)(O)CC[C@@H]1C(=O)N2C. The molecule has 5 aliphatic rings. The van der Waals surface area contributed by atoms with Crippen molar-refractivity contribution in [1.82, 2.24) is 29.8 Å². The number of amides is 1. The molecule has 4 aromatic heterocycles. The number of nitriles is 1. The van der Waals surface area contributed by atoms with E-state index in [4.69, 9.17) is 30.5 Å². The Hall–Kier alpha value is -4.06. The van der Waals surface area contributed by atoms with Gasteiger partial charge in [0, 0.05) is 30.1 Å². The van der Waals surface area contributed by atoms with Crippen LogP contribution in [0.15, 0.2) is 4.52 Å². The van der Waals surface area contributed by atoms with Gasteiger partial charge in [0.2, 0.25) is 0 Å². The third kappa shape index (κ3) is 4.31. The van der Waals surface area contributed by atoms with Crippen molar-refractivity contribution in [2.75, 3.05) is 42.7 Å². The maximum Gasteiger partial charge on any atom is 0.250 e. The van der Waals surface area contributed by atoms with Crippen LogP contribution in [0.4, 0.5) is 16.6 Å². The third-order valence-corrected chi connectivity index (χ3v) is 13.2. The van der Waals surface area contributed by atoms with Crippen LogP contribution < -0.4 is 15.5 Å². The predicted octanol–water partition coefficient (Wildman–Crippen LogP) is 4.31. The molecule has 2 aliphatic carbocycles. The van der Waals surface area contributed by atoms with E-state index in [0.29, 0.717) is 57.6 Å². The number of rotatable bonds is 3. The van der Waals surface area contributed by atoms with Gasteiger partial charge in [-0.1, -0.05) is 5.16 Å². The molecule has 0 aromatic carbocycles. The molecule has 2 saturated heterocycles. The second-order valence-electron chi connectivity index (χ2n) is 15.2. The Balaban J connectivity index is 1.27. The highest BCUT2D eigenvalue weighted by Crippen LogP contribution is 2.55. The van der Waals surface area contributed by atoms with Crippen molar-refractivity contribution in [3.05, 3.63) is 27.3 Å². The number of likely N-dealkylation sites (tertiary alicyclic amines) is 1. The first-order valence-corrected chi connectivity index (χ1v) is 18.4. The van der Waals surface area contributed by atoms with Crippen LogP contribution in [0.5, 0.6) is 0 Å². The lowest BCUT2D eigenvalue weighted by atomic mass is 9.63. The molecule has 3 N–H and O–H groups in total. The molecule has 2 fully saturated rings. The Morgan fingerprint density at radius 2 is 1.92 bits per heavy atom. The number of nitrogens with zero attached hydrogens (tertiary/aromatic N) is 9. The number of hydrogen-bond acceptors (Lipinski definition) is 12. The molecule has 14 heteroatoms. The van der Waals surface area contributed by atoms with Crippen molar-refractivity contribution in [2.24, 2.45) is 0 Å². The number of likely N-dealkylation sites (N-methyl/N-ethyl adjacent to an activating group) is 2. The largest absolute Gasteiger partial charge is 0.389 e. The number of carbonyl (C=O) groups is 1. The van der Waals surface area contributed by atoms with Gasteiger partial charge in [0.15, 0.2) is 28.7 Å². The van der Waals surface area contributed by atoms with E-state index >= 15 is 0 Å². The standard InChI is InChI=1S/C35H42N10O3S/c1-18(21-9-7-15-42(21)3)45-31-24-30(44-17-34(2,47)14-11-22(44)33(46)43(4)32(24)40-45)38-29(39-31)26-19-8-5-12-35(27(19)48-41-26)13-6-10-23-25(35)20(16-36)28(37)49-23/h18,21-22,47H,5-15,17,37H2,1-4H3/t18-,21-,22+,34+,35-/m0/s1. The minimum atomic E-state index is -0.994. The summed E-state index contributed by atoms with van der Waals surface area (Å²) in [6.45, 7) is 5.28. The number of fused-ring (bicyclic) bond motifs is 6. The fourth-order valence-electron chi connectivity index (χ4n) is 9.73. The third-order valence-electron chi connectivity index (χ3n) is 12.2. The molecule has 1 amide bonds. The van der Waals surface area contributed by atoms with Crippen molar-refractivity contribution in [3.8, 4) is 17.6 Å². The van der Waals surface area contributed by atoms with Crippen molar-refractivity contribution in [3.63, 3.8) is 0 Å². The molecule has 49 heavy (non-hydrogen) atoms. The highest BCUT2D eigenvalue weighted by Gasteiger charge is 2.50. The Morgan fingerprint density at radius 3 is 2.67 bits per heavy atom. The van der Waals surface area contributed by atoms with Gasteiger partial charge in [-0.2, -0.15) is 10.4 Å². The van der Waals surface area contributed by atoms with Crippen LogP contribution in [-0.4, -0.2) is 85.7 Å². The molecule has 1 spiro atoms. The van der Waals surface area contributed by atoms with Crippen LogP contribution in [0.25, 0.3) is 22.6 Å². The fourth-order valence-corrected chi connectivity index (χ4v) is 10.9. The number of thiophene rings is 1. The van der Waals surface area contributed by atoms with E-state index < -0.39 is 17.1 Å². The minimum absolute atomic E-state index is 0.0221. The van der Waals surface area contributed by atoms with E-state index in [1.54, 1.807) is 11.9 Å². The van der Waals surface area contributed by atoms with Crippen molar-refractivity contribution in [1.29, 1.82) is 5.26 Å². The van der Waals surface area contributed by atoms with Gasteiger partial charge < -0.3 is 25.2 Å². The number of carbonyl (C=O) groups excluding carboxylic acids is 1. The van der Waals surface area contributed by atoms with Crippen molar-refractivity contribution >= 4 is 44.9 Å². The number of hydrogen-bond donors (Lipinski definition) is 2. The molecular formula is C35H42N10O3S. The number of aryl methyl sites for hydroxylation is 1. The Labute approximate surface area is 288 Å². The summed E-state index contributed by atoms with van der Waals surface area (Å²) >= 11 is 1.53. The maximum atomic E-state index is 14.1. The van der Waals surface area contributed by atoms with Crippen LogP contribution in [0.3, 0.4) is 0 Å². The van der Waals surface area contributed by atoms with Crippen LogP contribution in [0.2, 0.25) is 0 Å². The van der Waals surface area contributed by atoms with Crippen molar-refractivity contribution in [2.45, 2.75) is 107 Å². The van der Waals surface area contributed by atoms with Gasteiger partial charge in [0.05, 0.1) is 22.6 Å². The van der Waals surface area contributed by atoms with Gasteiger partial charge in [-0.05, 0) is 97.2 Å². The van der Waals surface area contributed by atoms with Gasteiger partial charge in [0.1, 0.15) is 28.3 Å². The van der Waals surface area contributed by atoms with E-state index in [0.717, 1.165) is 74.8 Å². The summed E-state index contributed by atoms with van der Waals surface area (Å²) in [5.41, 5.74) is 8.73. The smallest absolute Gasteiger partial charge is 0.250 e. The molecular weight excluding hydrogens is 641 g/mol. The number of nitrogens with two attached hydrogens (primary N) is 1. The lowest BCUT2D eigenvalue weighted by molar-refractivity contribution is -0.120. The van der Waals surface area contributed by atoms with Crippen LogP contribution in [-0.2, 0) is 23.1 Å². The fraction of sp³-hybridized carbons (Fsp3) is 0.600. The summed E-state index contributed by atoms with van der Waals surface area (Å²) in [5.74, 6) is 2.28. The number of anilines is 3. The zero-order valence-corrected chi connectivity index (χ0v) is 29.3. The normalized spacial score (nSPS) is 28.8. The number of aliphatic hydroxyl groups is 1. The van der Waals surface area contributed by atoms with E-state index in [2.05, 4.69) is 24.9 Å². The Kier molecular flexibility index (Phi) is 6.77. The predicted molar refractivity (Wildman–Crippen MR) is 186 cm³/mol. The highest BCUT2D eigenvalue weighted by molar-refractivity contribution is 7.16. The lowest BCUT2D eigenvalue weighted by Crippen LogP contribution is -2.56. The second kappa shape index (κ2) is 10.7. The monoisotopic (exact) mass is 682 g/mol. The van der Waals surface area contributed by atoms with E-state index in [1.165, 1.54) is 16.2 Å². The van der Waals surface area contributed by atoms with E-state index in [1.807, 2.05) is 16.5 Å². The summed E-state index contributed by atoms with van der Waals surface area (Å²) < 4.78 is 8.34.